The van der Waals surface area contributed by atoms with Crippen molar-refractivity contribution < 1.29 is 9.21 Å². The monoisotopic (exact) mass is 197 g/mol. The molecule has 4 N–H and O–H groups in total. The SMILES string of the molecule is CC[C@H](NCc1ccco1)C(=O)NN. The number of furan rings is 1. The van der Waals surface area contributed by atoms with Crippen LogP contribution < -0.4 is 16.6 Å². The third-order valence-electron chi connectivity index (χ3n) is 1.97. The van der Waals surface area contributed by atoms with Crippen molar-refractivity contribution >= 4 is 5.91 Å². The second-order valence-corrected chi connectivity index (χ2v) is 2.93. The first kappa shape index (κ1) is 10.7. The van der Waals surface area contributed by atoms with Gasteiger partial charge in [-0.15, -0.1) is 0 Å². The minimum atomic E-state index is -0.273. The smallest absolute Gasteiger partial charge is 0.250 e. The lowest BCUT2D eigenvalue weighted by Crippen LogP contribution is -2.46. The summed E-state index contributed by atoms with van der Waals surface area (Å²) in [6, 6.07) is 3.38. The Labute approximate surface area is 82.6 Å². The lowest BCUT2D eigenvalue weighted by molar-refractivity contribution is -0.123. The van der Waals surface area contributed by atoms with Crippen molar-refractivity contribution in [3.63, 3.8) is 0 Å². The average Bonchev–Trinajstić information content (AvgIpc) is 2.71. The summed E-state index contributed by atoms with van der Waals surface area (Å²) < 4.78 is 5.12. The van der Waals surface area contributed by atoms with Crippen LogP contribution in [0.15, 0.2) is 22.8 Å². The van der Waals surface area contributed by atoms with Gasteiger partial charge in [0.25, 0.3) is 5.91 Å². The van der Waals surface area contributed by atoms with Crippen LogP contribution in [0.25, 0.3) is 0 Å². The molecule has 78 valence electrons. The van der Waals surface area contributed by atoms with Gasteiger partial charge in [-0.1, -0.05) is 6.92 Å². The van der Waals surface area contributed by atoms with E-state index in [9.17, 15) is 4.79 Å². The minimum absolute atomic E-state index is 0.209. The van der Waals surface area contributed by atoms with Crippen molar-refractivity contribution in [1.29, 1.82) is 0 Å². The van der Waals surface area contributed by atoms with Gasteiger partial charge in [-0.25, -0.2) is 5.84 Å². The van der Waals surface area contributed by atoms with Crippen molar-refractivity contribution in [3.05, 3.63) is 24.2 Å². The average molecular weight is 197 g/mol. The van der Waals surface area contributed by atoms with E-state index in [1.54, 1.807) is 12.3 Å². The Morgan fingerprint density at radius 1 is 1.71 bits per heavy atom. The molecule has 0 aliphatic carbocycles. The van der Waals surface area contributed by atoms with Crippen LogP contribution in [0.2, 0.25) is 0 Å². The van der Waals surface area contributed by atoms with Gasteiger partial charge in [-0.05, 0) is 18.6 Å². The maximum absolute atomic E-state index is 11.2. The van der Waals surface area contributed by atoms with E-state index in [-0.39, 0.29) is 11.9 Å². The second-order valence-electron chi connectivity index (χ2n) is 2.93. The van der Waals surface area contributed by atoms with E-state index in [0.717, 1.165) is 5.76 Å². The van der Waals surface area contributed by atoms with Crippen LogP contribution in [-0.2, 0) is 11.3 Å². The first-order chi connectivity index (χ1) is 6.77. The van der Waals surface area contributed by atoms with Crippen LogP contribution in [0.3, 0.4) is 0 Å². The highest BCUT2D eigenvalue weighted by Gasteiger charge is 2.14. The Kier molecular flexibility index (Phi) is 4.15. The summed E-state index contributed by atoms with van der Waals surface area (Å²) in [5.74, 6) is 5.62. The molecule has 5 nitrogen and oxygen atoms in total. The van der Waals surface area contributed by atoms with Crippen LogP contribution in [0.5, 0.6) is 0 Å². The second kappa shape index (κ2) is 5.41. The van der Waals surface area contributed by atoms with Crippen molar-refractivity contribution in [2.75, 3.05) is 0 Å². The number of amides is 1. The highest BCUT2D eigenvalue weighted by atomic mass is 16.3. The molecule has 1 aromatic heterocycles. The normalized spacial score (nSPS) is 12.4. The molecule has 1 amide bonds. The Bertz CT molecular complexity index is 272. The van der Waals surface area contributed by atoms with Gasteiger partial charge in [0.2, 0.25) is 0 Å². The maximum Gasteiger partial charge on any atom is 0.250 e. The van der Waals surface area contributed by atoms with Gasteiger partial charge in [0, 0.05) is 0 Å². The first-order valence-corrected chi connectivity index (χ1v) is 4.54. The molecule has 0 spiro atoms. The van der Waals surface area contributed by atoms with Gasteiger partial charge in [0.1, 0.15) is 5.76 Å². The highest BCUT2D eigenvalue weighted by Crippen LogP contribution is 2.00. The summed E-state index contributed by atoms with van der Waals surface area (Å²) >= 11 is 0. The zero-order valence-electron chi connectivity index (χ0n) is 8.12. The molecule has 0 unspecified atom stereocenters. The molecule has 0 radical (unpaired) electrons. The van der Waals surface area contributed by atoms with E-state index in [4.69, 9.17) is 10.3 Å². The minimum Gasteiger partial charge on any atom is -0.468 e. The molecule has 0 fully saturated rings. The molecule has 14 heavy (non-hydrogen) atoms. The molecule has 0 bridgehead atoms. The summed E-state index contributed by atoms with van der Waals surface area (Å²) in [6.07, 6.45) is 2.28. The molecular weight excluding hydrogens is 182 g/mol. The molecule has 1 atom stereocenters. The molecule has 1 aromatic rings. The van der Waals surface area contributed by atoms with Gasteiger partial charge in [0.15, 0.2) is 0 Å². The molecule has 0 aliphatic rings. The van der Waals surface area contributed by atoms with Crippen LogP contribution in [-0.4, -0.2) is 11.9 Å². The van der Waals surface area contributed by atoms with Gasteiger partial charge >= 0.3 is 0 Å². The predicted molar refractivity (Wildman–Crippen MR) is 52.0 cm³/mol. The molecular formula is C9H15N3O2. The third kappa shape index (κ3) is 2.86. The molecule has 1 rings (SSSR count). The van der Waals surface area contributed by atoms with Gasteiger partial charge in [0.05, 0.1) is 18.8 Å². The Morgan fingerprint density at radius 3 is 3.00 bits per heavy atom. The molecule has 0 saturated heterocycles. The van der Waals surface area contributed by atoms with Gasteiger partial charge in [-0.3, -0.25) is 15.5 Å². The number of rotatable bonds is 5. The summed E-state index contributed by atoms with van der Waals surface area (Å²) in [5.41, 5.74) is 2.11. The number of hydrogen-bond acceptors (Lipinski definition) is 4. The largest absolute Gasteiger partial charge is 0.468 e. The van der Waals surface area contributed by atoms with E-state index < -0.39 is 0 Å². The van der Waals surface area contributed by atoms with Gasteiger partial charge < -0.3 is 4.42 Å². The number of carbonyl (C=O) groups excluding carboxylic acids is 1. The fourth-order valence-corrected chi connectivity index (χ4v) is 1.16. The van der Waals surface area contributed by atoms with E-state index >= 15 is 0 Å². The Balaban J connectivity index is 2.38. The third-order valence-corrected chi connectivity index (χ3v) is 1.97. The number of nitrogens with two attached hydrogens (primary N) is 1. The van der Waals surface area contributed by atoms with Crippen molar-refractivity contribution in [1.82, 2.24) is 10.7 Å². The fraction of sp³-hybridized carbons (Fsp3) is 0.444. The lowest BCUT2D eigenvalue weighted by atomic mass is 10.2. The van der Waals surface area contributed by atoms with Crippen LogP contribution in [0, 0.1) is 0 Å². The molecule has 0 aromatic carbocycles. The van der Waals surface area contributed by atoms with E-state index in [2.05, 4.69) is 10.7 Å². The van der Waals surface area contributed by atoms with Crippen LogP contribution in [0.1, 0.15) is 19.1 Å². The topological polar surface area (TPSA) is 80.3 Å². The standard InChI is InChI=1S/C9H15N3O2/c1-2-8(9(13)12-10)11-6-7-4-3-5-14-7/h3-5,8,11H,2,6,10H2,1H3,(H,12,13)/t8-/m0/s1. The summed E-state index contributed by atoms with van der Waals surface area (Å²) in [4.78, 5) is 11.2. The predicted octanol–water partition coefficient (Wildman–Crippen LogP) is 0.138. The maximum atomic E-state index is 11.2. The Hall–Kier alpha value is -1.33. The van der Waals surface area contributed by atoms with E-state index in [1.807, 2.05) is 13.0 Å². The number of carbonyl (C=O) groups is 1. The molecule has 0 aliphatic heterocycles. The fourth-order valence-electron chi connectivity index (χ4n) is 1.16. The summed E-state index contributed by atoms with van der Waals surface area (Å²) in [7, 11) is 0. The van der Waals surface area contributed by atoms with Crippen LogP contribution >= 0.6 is 0 Å². The quantitative estimate of drug-likeness (QED) is 0.356. The molecule has 5 heteroatoms. The zero-order valence-corrected chi connectivity index (χ0v) is 8.12. The zero-order chi connectivity index (χ0) is 10.4. The highest BCUT2D eigenvalue weighted by molar-refractivity contribution is 5.80. The summed E-state index contributed by atoms with van der Waals surface area (Å²) in [5, 5.41) is 3.04. The number of nitrogens with one attached hydrogen (secondary N) is 2. The van der Waals surface area contributed by atoms with Crippen molar-refractivity contribution in [2.24, 2.45) is 5.84 Å². The summed E-state index contributed by atoms with van der Waals surface area (Å²) in [6.45, 7) is 2.44. The number of hydrogen-bond donors (Lipinski definition) is 3. The molecule has 0 saturated carbocycles. The van der Waals surface area contributed by atoms with E-state index in [1.165, 1.54) is 0 Å². The van der Waals surface area contributed by atoms with Crippen molar-refractivity contribution in [2.45, 2.75) is 25.9 Å². The first-order valence-electron chi connectivity index (χ1n) is 4.54. The number of hydrazine groups is 1. The van der Waals surface area contributed by atoms with E-state index in [0.29, 0.717) is 13.0 Å². The van der Waals surface area contributed by atoms with Gasteiger partial charge in [-0.2, -0.15) is 0 Å². The van der Waals surface area contributed by atoms with Crippen LogP contribution in [0.4, 0.5) is 0 Å². The lowest BCUT2D eigenvalue weighted by Gasteiger charge is -2.13. The van der Waals surface area contributed by atoms with Crippen molar-refractivity contribution in [3.8, 4) is 0 Å². The molecule has 1 heterocycles. The Morgan fingerprint density at radius 2 is 2.50 bits per heavy atom.